The van der Waals surface area contributed by atoms with Crippen LogP contribution in [0.5, 0.6) is 0 Å². The molecule has 1 aromatic carbocycles. The molecule has 7 nitrogen and oxygen atoms in total. The predicted octanol–water partition coefficient (Wildman–Crippen LogP) is 2.05. The summed E-state index contributed by atoms with van der Waals surface area (Å²) in [4.78, 5) is 31.0. The van der Waals surface area contributed by atoms with Crippen molar-refractivity contribution in [2.75, 3.05) is 44.7 Å². The lowest BCUT2D eigenvalue weighted by molar-refractivity contribution is 0.0383. The maximum absolute atomic E-state index is 12.4. The second-order valence-electron chi connectivity index (χ2n) is 6.10. The molecule has 1 fully saturated rings. The van der Waals surface area contributed by atoms with Crippen molar-refractivity contribution < 1.29 is 14.3 Å². The van der Waals surface area contributed by atoms with Crippen molar-refractivity contribution >= 4 is 29.1 Å². The molecule has 2 aromatic rings. The largest absolute Gasteiger partial charge is 0.379 e. The summed E-state index contributed by atoms with van der Waals surface area (Å²) < 4.78 is 5.30. The zero-order valence-corrected chi connectivity index (χ0v) is 15.5. The standard InChI is InChI=1S/C19H21ClN4O3/c20-15-2-1-3-16(13-15)23-18(25)14-4-5-21-17(12-14)19(26)22-6-7-24-8-10-27-11-9-24/h1-5,12-13H,6-11H2,(H,22,26)(H,23,25). The average molecular weight is 389 g/mol. The quantitative estimate of drug-likeness (QED) is 0.791. The zero-order valence-electron chi connectivity index (χ0n) is 14.8. The van der Waals surface area contributed by atoms with Crippen LogP contribution in [0.4, 0.5) is 5.69 Å². The maximum atomic E-state index is 12.4. The molecule has 3 rings (SSSR count). The lowest BCUT2D eigenvalue weighted by Gasteiger charge is -2.26. The minimum Gasteiger partial charge on any atom is -0.379 e. The zero-order chi connectivity index (χ0) is 19.1. The molecule has 0 atom stereocenters. The molecule has 8 heteroatoms. The Morgan fingerprint density at radius 3 is 2.74 bits per heavy atom. The molecule has 1 aliphatic heterocycles. The number of nitrogens with one attached hydrogen (secondary N) is 2. The normalized spacial score (nSPS) is 14.6. The highest BCUT2D eigenvalue weighted by atomic mass is 35.5. The van der Waals surface area contributed by atoms with E-state index in [1.165, 1.54) is 12.3 Å². The van der Waals surface area contributed by atoms with Crippen molar-refractivity contribution in [2.24, 2.45) is 0 Å². The van der Waals surface area contributed by atoms with Gasteiger partial charge in [-0.2, -0.15) is 0 Å². The van der Waals surface area contributed by atoms with E-state index in [-0.39, 0.29) is 17.5 Å². The molecule has 0 bridgehead atoms. The fourth-order valence-electron chi connectivity index (χ4n) is 2.71. The first-order chi connectivity index (χ1) is 13.1. The second kappa shape index (κ2) is 9.45. The summed E-state index contributed by atoms with van der Waals surface area (Å²) in [5.41, 5.74) is 1.14. The number of ether oxygens (including phenoxy) is 1. The number of anilines is 1. The molecular formula is C19H21ClN4O3. The number of carbonyl (C=O) groups is 2. The van der Waals surface area contributed by atoms with Crippen LogP contribution in [0.1, 0.15) is 20.8 Å². The number of amides is 2. The summed E-state index contributed by atoms with van der Waals surface area (Å²) in [6.45, 7) is 4.45. The van der Waals surface area contributed by atoms with Crippen molar-refractivity contribution in [3.63, 3.8) is 0 Å². The number of hydrogen-bond donors (Lipinski definition) is 2. The van der Waals surface area contributed by atoms with Crippen molar-refractivity contribution in [1.82, 2.24) is 15.2 Å². The Kier molecular flexibility index (Phi) is 6.75. The van der Waals surface area contributed by atoms with Crippen LogP contribution >= 0.6 is 11.6 Å². The molecule has 0 aliphatic carbocycles. The molecule has 0 spiro atoms. The first-order valence-corrected chi connectivity index (χ1v) is 9.11. The van der Waals surface area contributed by atoms with Crippen LogP contribution in [0.2, 0.25) is 5.02 Å². The highest BCUT2D eigenvalue weighted by Gasteiger charge is 2.14. The molecule has 2 heterocycles. The molecule has 1 aliphatic rings. The summed E-state index contributed by atoms with van der Waals surface area (Å²) in [7, 11) is 0. The van der Waals surface area contributed by atoms with Crippen molar-refractivity contribution in [1.29, 1.82) is 0 Å². The third-order valence-corrected chi connectivity index (χ3v) is 4.39. The third-order valence-electron chi connectivity index (χ3n) is 4.15. The van der Waals surface area contributed by atoms with Crippen LogP contribution in [0.3, 0.4) is 0 Å². The number of nitrogens with zero attached hydrogens (tertiary/aromatic N) is 2. The predicted molar refractivity (Wildman–Crippen MR) is 103 cm³/mol. The van der Waals surface area contributed by atoms with E-state index in [2.05, 4.69) is 20.5 Å². The summed E-state index contributed by atoms with van der Waals surface area (Å²) in [6.07, 6.45) is 1.45. The topological polar surface area (TPSA) is 83.6 Å². The number of hydrogen-bond acceptors (Lipinski definition) is 5. The van der Waals surface area contributed by atoms with Crippen molar-refractivity contribution in [3.8, 4) is 0 Å². The monoisotopic (exact) mass is 388 g/mol. The molecular weight excluding hydrogens is 368 g/mol. The number of aromatic nitrogens is 1. The van der Waals surface area contributed by atoms with Gasteiger partial charge in [0.2, 0.25) is 0 Å². The van der Waals surface area contributed by atoms with Crippen LogP contribution < -0.4 is 10.6 Å². The van der Waals surface area contributed by atoms with Crippen LogP contribution in [0.15, 0.2) is 42.6 Å². The molecule has 0 unspecified atom stereocenters. The molecule has 27 heavy (non-hydrogen) atoms. The van der Waals surface area contributed by atoms with Gasteiger partial charge in [-0.05, 0) is 30.3 Å². The van der Waals surface area contributed by atoms with Crippen molar-refractivity contribution in [3.05, 3.63) is 58.9 Å². The molecule has 0 saturated carbocycles. The summed E-state index contributed by atoms with van der Waals surface area (Å²) in [5, 5.41) is 6.12. The minimum absolute atomic E-state index is 0.204. The Morgan fingerprint density at radius 2 is 1.96 bits per heavy atom. The molecule has 2 N–H and O–H groups in total. The molecule has 1 saturated heterocycles. The Bertz CT molecular complexity index is 809. The summed E-state index contributed by atoms with van der Waals surface area (Å²) in [5.74, 6) is -0.636. The van der Waals surface area contributed by atoms with Gasteiger partial charge in [-0.15, -0.1) is 0 Å². The summed E-state index contributed by atoms with van der Waals surface area (Å²) >= 11 is 5.92. The SMILES string of the molecule is O=C(Nc1cccc(Cl)c1)c1ccnc(C(=O)NCCN2CCOCC2)c1. The van der Waals surface area contributed by atoms with E-state index in [0.29, 0.717) is 22.8 Å². The number of benzene rings is 1. The Morgan fingerprint density at radius 1 is 1.15 bits per heavy atom. The van der Waals surface area contributed by atoms with Gasteiger partial charge >= 0.3 is 0 Å². The van der Waals surface area contributed by atoms with E-state index in [1.54, 1.807) is 30.3 Å². The van der Waals surface area contributed by atoms with E-state index >= 15 is 0 Å². The first-order valence-electron chi connectivity index (χ1n) is 8.73. The van der Waals surface area contributed by atoms with Crippen molar-refractivity contribution in [2.45, 2.75) is 0 Å². The highest BCUT2D eigenvalue weighted by Crippen LogP contribution is 2.16. The van der Waals surface area contributed by atoms with E-state index in [9.17, 15) is 9.59 Å². The number of pyridine rings is 1. The summed E-state index contributed by atoms with van der Waals surface area (Å²) in [6, 6.07) is 9.90. The van der Waals surface area contributed by atoms with Gasteiger partial charge in [0, 0.05) is 48.6 Å². The van der Waals surface area contributed by atoms with E-state index < -0.39 is 0 Å². The second-order valence-corrected chi connectivity index (χ2v) is 6.54. The number of carbonyl (C=O) groups excluding carboxylic acids is 2. The number of morpholine rings is 1. The third kappa shape index (κ3) is 5.75. The van der Waals surface area contributed by atoms with Gasteiger partial charge in [-0.1, -0.05) is 17.7 Å². The number of rotatable bonds is 6. The molecule has 1 aromatic heterocycles. The van der Waals surface area contributed by atoms with Crippen LogP contribution in [-0.4, -0.2) is 61.1 Å². The molecule has 142 valence electrons. The van der Waals surface area contributed by atoms with E-state index in [0.717, 1.165) is 32.8 Å². The van der Waals surface area contributed by atoms with Gasteiger partial charge < -0.3 is 15.4 Å². The lowest BCUT2D eigenvalue weighted by Crippen LogP contribution is -2.41. The first kappa shape index (κ1) is 19.3. The minimum atomic E-state index is -0.331. The van der Waals surface area contributed by atoms with Gasteiger partial charge in [-0.3, -0.25) is 19.5 Å². The van der Waals surface area contributed by atoms with Crippen LogP contribution in [0.25, 0.3) is 0 Å². The average Bonchev–Trinajstić information content (AvgIpc) is 2.69. The maximum Gasteiger partial charge on any atom is 0.269 e. The van der Waals surface area contributed by atoms with Crippen LogP contribution in [0, 0.1) is 0 Å². The Labute approximate surface area is 162 Å². The lowest BCUT2D eigenvalue weighted by atomic mass is 10.2. The fourth-order valence-corrected chi connectivity index (χ4v) is 2.90. The Hall–Kier alpha value is -2.48. The van der Waals surface area contributed by atoms with Gasteiger partial charge in [-0.25, -0.2) is 0 Å². The number of halogens is 1. The highest BCUT2D eigenvalue weighted by molar-refractivity contribution is 6.31. The van der Waals surface area contributed by atoms with Gasteiger partial charge in [0.1, 0.15) is 5.69 Å². The smallest absolute Gasteiger partial charge is 0.269 e. The van der Waals surface area contributed by atoms with Crippen LogP contribution in [-0.2, 0) is 4.74 Å². The van der Waals surface area contributed by atoms with E-state index in [1.807, 2.05) is 0 Å². The van der Waals surface area contributed by atoms with E-state index in [4.69, 9.17) is 16.3 Å². The van der Waals surface area contributed by atoms with Gasteiger partial charge in [0.05, 0.1) is 13.2 Å². The Balaban J connectivity index is 1.55. The van der Waals surface area contributed by atoms with Gasteiger partial charge in [0.15, 0.2) is 0 Å². The molecule has 0 radical (unpaired) electrons. The fraction of sp³-hybridized carbons (Fsp3) is 0.316. The molecule has 2 amide bonds. The van der Waals surface area contributed by atoms with Gasteiger partial charge in [0.25, 0.3) is 11.8 Å².